The van der Waals surface area contributed by atoms with Crippen LogP contribution in [0.4, 0.5) is 10.8 Å². The van der Waals surface area contributed by atoms with Crippen molar-refractivity contribution < 1.29 is 4.74 Å². The highest BCUT2D eigenvalue weighted by Gasteiger charge is 2.13. The lowest BCUT2D eigenvalue weighted by Crippen LogP contribution is -1.96. The number of thiazole rings is 2. The molecule has 3 aromatic rings. The summed E-state index contributed by atoms with van der Waals surface area (Å²) in [6.07, 6.45) is 0. The third kappa shape index (κ3) is 2.84. The maximum absolute atomic E-state index is 5.42. The lowest BCUT2D eigenvalue weighted by Gasteiger charge is -2.11. The summed E-state index contributed by atoms with van der Waals surface area (Å²) in [4.78, 5) is 10.3. The number of ether oxygens (including phenoxy) is 1. The minimum absolute atomic E-state index is 0.821. The van der Waals surface area contributed by atoms with Crippen molar-refractivity contribution in [2.24, 2.45) is 0 Å². The maximum Gasteiger partial charge on any atom is 0.187 e. The van der Waals surface area contributed by atoms with Crippen molar-refractivity contribution >= 4 is 33.5 Å². The van der Waals surface area contributed by atoms with Crippen molar-refractivity contribution in [1.29, 1.82) is 0 Å². The molecule has 0 aliphatic heterocycles. The van der Waals surface area contributed by atoms with E-state index in [-0.39, 0.29) is 0 Å². The number of hydrogen-bond donors (Lipinski definition) is 1. The average molecular weight is 331 g/mol. The van der Waals surface area contributed by atoms with Gasteiger partial charge in [0.1, 0.15) is 5.75 Å². The predicted molar refractivity (Wildman–Crippen MR) is 93.7 cm³/mol. The summed E-state index contributed by atoms with van der Waals surface area (Å²) in [5.41, 5.74) is 4.10. The molecule has 22 heavy (non-hydrogen) atoms. The maximum atomic E-state index is 5.42. The van der Waals surface area contributed by atoms with E-state index in [0.29, 0.717) is 0 Å². The van der Waals surface area contributed by atoms with E-state index in [0.717, 1.165) is 43.4 Å². The zero-order valence-electron chi connectivity index (χ0n) is 12.9. The van der Waals surface area contributed by atoms with Crippen LogP contribution in [0.25, 0.3) is 10.6 Å². The number of para-hydroxylation sites is 1. The Kier molecular flexibility index (Phi) is 4.13. The monoisotopic (exact) mass is 331 g/mol. The zero-order valence-corrected chi connectivity index (χ0v) is 14.6. The highest BCUT2D eigenvalue weighted by Crippen LogP contribution is 2.35. The molecule has 1 N–H and O–H groups in total. The van der Waals surface area contributed by atoms with E-state index in [1.54, 1.807) is 29.8 Å². The number of aromatic nitrogens is 2. The molecule has 0 unspecified atom stereocenters. The predicted octanol–water partition coefficient (Wildman–Crippen LogP) is 4.94. The number of benzene rings is 1. The van der Waals surface area contributed by atoms with Gasteiger partial charge in [-0.1, -0.05) is 12.1 Å². The van der Waals surface area contributed by atoms with Crippen LogP contribution in [0.1, 0.15) is 16.3 Å². The third-order valence-corrected chi connectivity index (χ3v) is 5.18. The molecule has 2 heterocycles. The molecule has 1 aromatic carbocycles. The van der Waals surface area contributed by atoms with Crippen molar-refractivity contribution in [2.75, 3.05) is 12.4 Å². The summed E-state index contributed by atoms with van der Waals surface area (Å²) in [5, 5.41) is 7.36. The minimum atomic E-state index is 0.821. The standard InChI is InChI=1S/C16H17N3OS2/c1-9-6-5-7-13(20-4)14(9)19-16-18-12(8-21-16)15-10(2)17-11(3)22-15/h5-8H,1-4H3,(H,18,19). The molecule has 0 amide bonds. The number of anilines is 2. The number of rotatable bonds is 4. The van der Waals surface area contributed by atoms with Gasteiger partial charge in [-0.05, 0) is 32.4 Å². The van der Waals surface area contributed by atoms with Crippen LogP contribution >= 0.6 is 22.7 Å². The van der Waals surface area contributed by atoms with E-state index in [1.165, 1.54) is 0 Å². The molecule has 0 bridgehead atoms. The van der Waals surface area contributed by atoms with E-state index in [2.05, 4.69) is 33.7 Å². The quantitative estimate of drug-likeness (QED) is 0.735. The molecule has 0 fully saturated rings. The van der Waals surface area contributed by atoms with Crippen LogP contribution in [-0.2, 0) is 0 Å². The van der Waals surface area contributed by atoms with Crippen LogP contribution in [0.3, 0.4) is 0 Å². The Morgan fingerprint density at radius 1 is 1.14 bits per heavy atom. The summed E-state index contributed by atoms with van der Waals surface area (Å²) >= 11 is 3.26. The van der Waals surface area contributed by atoms with Gasteiger partial charge in [0.25, 0.3) is 0 Å². The first-order valence-corrected chi connectivity index (χ1v) is 8.58. The van der Waals surface area contributed by atoms with E-state index in [4.69, 9.17) is 4.74 Å². The Labute approximate surface area is 137 Å². The van der Waals surface area contributed by atoms with E-state index >= 15 is 0 Å². The lowest BCUT2D eigenvalue weighted by molar-refractivity contribution is 0.416. The van der Waals surface area contributed by atoms with Crippen LogP contribution in [0.2, 0.25) is 0 Å². The smallest absolute Gasteiger partial charge is 0.187 e. The normalized spacial score (nSPS) is 10.7. The molecule has 0 atom stereocenters. The Hall–Kier alpha value is -1.92. The fourth-order valence-corrected chi connectivity index (χ4v) is 3.94. The van der Waals surface area contributed by atoms with Crippen molar-refractivity contribution in [2.45, 2.75) is 20.8 Å². The SMILES string of the molecule is COc1cccc(C)c1Nc1nc(-c2sc(C)nc2C)cs1. The van der Waals surface area contributed by atoms with Gasteiger partial charge >= 0.3 is 0 Å². The number of hydrogen-bond acceptors (Lipinski definition) is 6. The summed E-state index contributed by atoms with van der Waals surface area (Å²) in [6.45, 7) is 6.09. The van der Waals surface area contributed by atoms with Crippen LogP contribution in [-0.4, -0.2) is 17.1 Å². The summed E-state index contributed by atoms with van der Waals surface area (Å²) in [7, 11) is 1.68. The highest BCUT2D eigenvalue weighted by atomic mass is 32.1. The van der Waals surface area contributed by atoms with Gasteiger partial charge in [0.2, 0.25) is 0 Å². The second kappa shape index (κ2) is 6.06. The molecule has 4 nitrogen and oxygen atoms in total. The Balaban J connectivity index is 1.91. The molecular weight excluding hydrogens is 314 g/mol. The van der Waals surface area contributed by atoms with Crippen LogP contribution in [0.5, 0.6) is 5.75 Å². The fourth-order valence-electron chi connectivity index (χ4n) is 2.28. The van der Waals surface area contributed by atoms with Crippen molar-refractivity contribution in [1.82, 2.24) is 9.97 Å². The Morgan fingerprint density at radius 3 is 2.64 bits per heavy atom. The van der Waals surface area contributed by atoms with Gasteiger partial charge in [0.05, 0.1) is 34.1 Å². The minimum Gasteiger partial charge on any atom is -0.495 e. The molecule has 6 heteroatoms. The van der Waals surface area contributed by atoms with E-state index < -0.39 is 0 Å². The highest BCUT2D eigenvalue weighted by molar-refractivity contribution is 7.16. The van der Waals surface area contributed by atoms with Crippen molar-refractivity contribution in [3.8, 4) is 16.3 Å². The van der Waals surface area contributed by atoms with Crippen molar-refractivity contribution in [3.05, 3.63) is 39.8 Å². The fraction of sp³-hybridized carbons (Fsp3) is 0.250. The van der Waals surface area contributed by atoms with Crippen molar-refractivity contribution in [3.63, 3.8) is 0 Å². The van der Waals surface area contributed by atoms with Gasteiger partial charge in [0, 0.05) is 5.38 Å². The molecule has 3 rings (SSSR count). The van der Waals surface area contributed by atoms with Gasteiger partial charge in [-0.3, -0.25) is 0 Å². The number of aryl methyl sites for hydroxylation is 3. The van der Waals surface area contributed by atoms with Gasteiger partial charge in [0.15, 0.2) is 5.13 Å². The molecule has 2 aromatic heterocycles. The van der Waals surface area contributed by atoms with Crippen LogP contribution in [0.15, 0.2) is 23.6 Å². The number of methoxy groups -OCH3 is 1. The topological polar surface area (TPSA) is 47.0 Å². The number of nitrogens with zero attached hydrogens (tertiary/aromatic N) is 2. The van der Waals surface area contributed by atoms with Crippen LogP contribution in [0, 0.1) is 20.8 Å². The van der Waals surface area contributed by atoms with Gasteiger partial charge in [-0.15, -0.1) is 22.7 Å². The van der Waals surface area contributed by atoms with E-state index in [1.807, 2.05) is 26.0 Å². The summed E-state index contributed by atoms with van der Waals surface area (Å²) in [5.74, 6) is 0.821. The Morgan fingerprint density at radius 2 is 1.95 bits per heavy atom. The van der Waals surface area contributed by atoms with E-state index in [9.17, 15) is 0 Å². The first-order valence-electron chi connectivity index (χ1n) is 6.89. The first kappa shape index (κ1) is 15.0. The Bertz CT molecular complexity index is 808. The number of nitrogens with one attached hydrogen (secondary N) is 1. The molecule has 114 valence electrons. The third-order valence-electron chi connectivity index (χ3n) is 3.33. The zero-order chi connectivity index (χ0) is 15.7. The summed E-state index contributed by atoms with van der Waals surface area (Å²) < 4.78 is 5.42. The molecule has 0 aliphatic rings. The molecular formula is C16H17N3OS2. The molecule has 0 radical (unpaired) electrons. The second-order valence-electron chi connectivity index (χ2n) is 4.96. The average Bonchev–Trinajstić information content (AvgIpc) is 3.07. The molecule has 0 aliphatic carbocycles. The van der Waals surface area contributed by atoms with Gasteiger partial charge in [-0.2, -0.15) is 0 Å². The first-order chi connectivity index (χ1) is 10.6. The second-order valence-corrected chi connectivity index (χ2v) is 7.02. The largest absolute Gasteiger partial charge is 0.495 e. The van der Waals surface area contributed by atoms with Gasteiger partial charge in [-0.25, -0.2) is 9.97 Å². The van der Waals surface area contributed by atoms with Crippen LogP contribution < -0.4 is 10.1 Å². The lowest BCUT2D eigenvalue weighted by atomic mass is 10.2. The molecule has 0 saturated carbocycles. The molecule has 0 saturated heterocycles. The summed E-state index contributed by atoms with van der Waals surface area (Å²) in [6, 6.07) is 5.98. The van der Waals surface area contributed by atoms with Gasteiger partial charge < -0.3 is 10.1 Å². The molecule has 0 spiro atoms.